The Morgan fingerprint density at radius 1 is 0.775 bits per heavy atom. The van der Waals surface area contributed by atoms with Crippen molar-refractivity contribution < 1.29 is 23.7 Å². The fourth-order valence-electron chi connectivity index (χ4n) is 5.83. The van der Waals surface area contributed by atoms with Crippen LogP contribution < -0.4 is 9.47 Å². The Bertz CT molecular complexity index is 1590. The van der Waals surface area contributed by atoms with Crippen molar-refractivity contribution in [3.05, 3.63) is 106 Å². The van der Waals surface area contributed by atoms with Crippen LogP contribution in [0.1, 0.15) is 52.0 Å². The summed E-state index contributed by atoms with van der Waals surface area (Å²) in [5.74, 6) is 1.11. The van der Waals surface area contributed by atoms with E-state index in [1.807, 2.05) is 56.3 Å². The number of carbonyl (C=O) groups is 1. The number of ketones is 1. The molecule has 0 saturated carbocycles. The molecule has 204 valence electrons. The van der Waals surface area contributed by atoms with Gasteiger partial charge in [-0.3, -0.25) is 4.79 Å². The zero-order valence-corrected chi connectivity index (χ0v) is 23.7. The first kappa shape index (κ1) is 26.3. The van der Waals surface area contributed by atoms with Crippen molar-refractivity contribution in [1.82, 2.24) is 0 Å². The molecule has 0 aromatic heterocycles. The van der Waals surface area contributed by atoms with Gasteiger partial charge in [-0.25, -0.2) is 0 Å². The summed E-state index contributed by atoms with van der Waals surface area (Å²) >= 11 is 0. The molecule has 1 saturated heterocycles. The van der Waals surface area contributed by atoms with E-state index >= 15 is 0 Å². The molecule has 40 heavy (non-hydrogen) atoms. The first-order valence-corrected chi connectivity index (χ1v) is 13.8. The second-order valence-corrected chi connectivity index (χ2v) is 11.2. The van der Waals surface area contributed by atoms with E-state index in [1.165, 1.54) is 16.7 Å². The second-order valence-electron chi connectivity index (χ2n) is 11.2. The second kappa shape index (κ2) is 10.2. The fraction of sp³-hybridized carbons (Fsp3) is 0.286. The Kier molecular flexibility index (Phi) is 6.73. The topological polar surface area (TPSA) is 54.0 Å². The van der Waals surface area contributed by atoms with E-state index in [-0.39, 0.29) is 11.9 Å². The van der Waals surface area contributed by atoms with Crippen LogP contribution in [0.5, 0.6) is 11.5 Å². The Hall–Kier alpha value is -3.93. The summed E-state index contributed by atoms with van der Waals surface area (Å²) in [6.45, 7) is 11.7. The standard InChI is InChI=1S/C35H34O5/c1-21-15-26(38-19-27-20-39-35(4,5)40-27)16-22(2)33(21)28-12-8-9-24(23(28)3)18-37-25-13-14-31-32(17-25)29-10-6-7-11-30(29)34(31)36/h6-17,27H,18-20H2,1-5H3/t27-/m0/s1. The Balaban J connectivity index is 1.19. The van der Waals surface area contributed by atoms with Crippen molar-refractivity contribution in [1.29, 1.82) is 0 Å². The van der Waals surface area contributed by atoms with Gasteiger partial charge in [0.1, 0.15) is 30.8 Å². The van der Waals surface area contributed by atoms with Gasteiger partial charge in [0.25, 0.3) is 0 Å². The molecular weight excluding hydrogens is 500 g/mol. The average Bonchev–Trinajstić information content (AvgIpc) is 3.43. The average molecular weight is 535 g/mol. The molecule has 0 N–H and O–H groups in total. The van der Waals surface area contributed by atoms with E-state index in [0.29, 0.717) is 19.8 Å². The minimum atomic E-state index is -0.555. The number of hydrogen-bond donors (Lipinski definition) is 0. The van der Waals surface area contributed by atoms with Crippen LogP contribution in [0.15, 0.2) is 72.8 Å². The van der Waals surface area contributed by atoms with Crippen molar-refractivity contribution in [3.8, 4) is 33.8 Å². The minimum Gasteiger partial charge on any atom is -0.491 e. The largest absolute Gasteiger partial charge is 0.491 e. The molecule has 0 radical (unpaired) electrons. The molecule has 0 bridgehead atoms. The van der Waals surface area contributed by atoms with Crippen LogP contribution in [0.2, 0.25) is 0 Å². The zero-order valence-electron chi connectivity index (χ0n) is 23.7. The van der Waals surface area contributed by atoms with Crippen molar-refractivity contribution in [2.75, 3.05) is 13.2 Å². The van der Waals surface area contributed by atoms with Crippen LogP contribution >= 0.6 is 0 Å². The number of fused-ring (bicyclic) bond motifs is 3. The molecule has 2 aliphatic rings. The third kappa shape index (κ3) is 4.91. The summed E-state index contributed by atoms with van der Waals surface area (Å²) in [7, 11) is 0. The Morgan fingerprint density at radius 2 is 1.48 bits per heavy atom. The smallest absolute Gasteiger partial charge is 0.194 e. The van der Waals surface area contributed by atoms with E-state index in [0.717, 1.165) is 50.4 Å². The molecule has 5 heteroatoms. The first-order chi connectivity index (χ1) is 19.2. The van der Waals surface area contributed by atoms with Crippen LogP contribution in [0.4, 0.5) is 0 Å². The van der Waals surface area contributed by atoms with Crippen molar-refractivity contribution >= 4 is 5.78 Å². The van der Waals surface area contributed by atoms with Crippen molar-refractivity contribution in [3.63, 3.8) is 0 Å². The maximum absolute atomic E-state index is 12.7. The zero-order chi connectivity index (χ0) is 28.0. The number of ether oxygens (including phenoxy) is 4. The molecule has 1 atom stereocenters. The van der Waals surface area contributed by atoms with Gasteiger partial charge in [0.05, 0.1) is 6.61 Å². The molecule has 5 nitrogen and oxygen atoms in total. The number of hydrogen-bond acceptors (Lipinski definition) is 5. The third-order valence-corrected chi connectivity index (χ3v) is 7.82. The third-order valence-electron chi connectivity index (χ3n) is 7.82. The number of carbonyl (C=O) groups excluding carboxylic acids is 1. The molecule has 0 amide bonds. The fourth-order valence-corrected chi connectivity index (χ4v) is 5.83. The predicted octanol–water partition coefficient (Wildman–Crippen LogP) is 7.60. The van der Waals surface area contributed by atoms with Crippen LogP contribution in [-0.4, -0.2) is 30.9 Å². The molecule has 1 aliphatic carbocycles. The Morgan fingerprint density at radius 3 is 2.20 bits per heavy atom. The van der Waals surface area contributed by atoms with Gasteiger partial charge in [0.15, 0.2) is 11.6 Å². The van der Waals surface area contributed by atoms with Crippen LogP contribution in [-0.2, 0) is 16.1 Å². The molecular formula is C35H34O5. The number of aryl methyl sites for hydroxylation is 2. The van der Waals surface area contributed by atoms with E-state index in [4.69, 9.17) is 18.9 Å². The van der Waals surface area contributed by atoms with Crippen molar-refractivity contribution in [2.24, 2.45) is 0 Å². The lowest BCUT2D eigenvalue weighted by molar-refractivity contribution is -0.141. The summed E-state index contributed by atoms with van der Waals surface area (Å²) in [5, 5.41) is 0. The van der Waals surface area contributed by atoms with Gasteiger partial charge in [-0.2, -0.15) is 0 Å². The van der Waals surface area contributed by atoms with E-state index in [2.05, 4.69) is 51.1 Å². The first-order valence-electron chi connectivity index (χ1n) is 13.8. The molecule has 0 unspecified atom stereocenters. The number of benzene rings is 4. The molecule has 4 aromatic rings. The highest BCUT2D eigenvalue weighted by molar-refractivity contribution is 6.21. The summed E-state index contributed by atoms with van der Waals surface area (Å²) in [4.78, 5) is 12.7. The summed E-state index contributed by atoms with van der Waals surface area (Å²) in [6.07, 6.45) is -0.0740. The SMILES string of the molecule is Cc1cc(OC[C@H]2COC(C)(C)O2)cc(C)c1-c1cccc(COc2ccc3c(c2)-c2ccccc2C3=O)c1C. The molecule has 1 fully saturated rings. The summed E-state index contributed by atoms with van der Waals surface area (Å²) in [6, 6.07) is 24.0. The highest BCUT2D eigenvalue weighted by atomic mass is 16.7. The van der Waals surface area contributed by atoms with Crippen LogP contribution in [0.25, 0.3) is 22.3 Å². The van der Waals surface area contributed by atoms with Crippen molar-refractivity contribution in [2.45, 2.75) is 53.1 Å². The van der Waals surface area contributed by atoms with Crippen LogP contribution in [0, 0.1) is 20.8 Å². The van der Waals surface area contributed by atoms with Gasteiger partial charge < -0.3 is 18.9 Å². The predicted molar refractivity (Wildman–Crippen MR) is 156 cm³/mol. The van der Waals surface area contributed by atoms with Crippen LogP contribution in [0.3, 0.4) is 0 Å². The maximum atomic E-state index is 12.7. The highest BCUT2D eigenvalue weighted by Crippen LogP contribution is 2.39. The molecule has 1 heterocycles. The molecule has 4 aromatic carbocycles. The minimum absolute atomic E-state index is 0.0740. The summed E-state index contributed by atoms with van der Waals surface area (Å²) < 4.78 is 23.9. The monoisotopic (exact) mass is 534 g/mol. The van der Waals surface area contributed by atoms with E-state index in [1.54, 1.807) is 0 Å². The van der Waals surface area contributed by atoms with Gasteiger partial charge in [0, 0.05) is 11.1 Å². The van der Waals surface area contributed by atoms with Gasteiger partial charge in [-0.15, -0.1) is 0 Å². The van der Waals surface area contributed by atoms with E-state index in [9.17, 15) is 4.79 Å². The summed E-state index contributed by atoms with van der Waals surface area (Å²) in [5.41, 5.74) is 10.4. The van der Waals surface area contributed by atoms with Gasteiger partial charge in [0.2, 0.25) is 0 Å². The van der Waals surface area contributed by atoms with E-state index < -0.39 is 5.79 Å². The van der Waals surface area contributed by atoms with Gasteiger partial charge >= 0.3 is 0 Å². The molecule has 1 aliphatic heterocycles. The van der Waals surface area contributed by atoms with Gasteiger partial charge in [-0.1, -0.05) is 42.5 Å². The quantitative estimate of drug-likeness (QED) is 0.215. The number of rotatable bonds is 7. The lowest BCUT2D eigenvalue weighted by Gasteiger charge is -2.19. The normalized spacial score (nSPS) is 17.0. The maximum Gasteiger partial charge on any atom is 0.194 e. The lowest BCUT2D eigenvalue weighted by Crippen LogP contribution is -2.25. The Labute approximate surface area is 235 Å². The molecule has 6 rings (SSSR count). The van der Waals surface area contributed by atoms with Gasteiger partial charge in [-0.05, 0) is 109 Å². The molecule has 0 spiro atoms. The lowest BCUT2D eigenvalue weighted by atomic mass is 9.90. The highest BCUT2D eigenvalue weighted by Gasteiger charge is 2.33.